The van der Waals surface area contributed by atoms with Crippen LogP contribution in [0.3, 0.4) is 0 Å². The highest BCUT2D eigenvalue weighted by atomic mass is 35.5. The zero-order chi connectivity index (χ0) is 32.9. The van der Waals surface area contributed by atoms with Gasteiger partial charge in [-0.15, -0.1) is 0 Å². The summed E-state index contributed by atoms with van der Waals surface area (Å²) in [6.45, 7) is 5.61. The Morgan fingerprint density at radius 2 is 1.67 bits per heavy atom. The van der Waals surface area contributed by atoms with Gasteiger partial charge in [0.05, 0.1) is 45.0 Å². The fraction of sp³-hybridized carbons (Fsp3) is 0.147. The van der Waals surface area contributed by atoms with Gasteiger partial charge in [-0.3, -0.25) is 4.79 Å². The molecule has 6 rings (SSSR count). The van der Waals surface area contributed by atoms with E-state index < -0.39 is 12.0 Å². The Kier molecular flexibility index (Phi) is 8.01. The zero-order valence-corrected chi connectivity index (χ0v) is 26.6. The Bertz CT molecular complexity index is 2110. The van der Waals surface area contributed by atoms with Crippen molar-refractivity contribution in [1.29, 1.82) is 0 Å². The van der Waals surface area contributed by atoms with Crippen molar-refractivity contribution < 1.29 is 24.2 Å². The third-order valence-corrected chi connectivity index (χ3v) is 7.91. The van der Waals surface area contributed by atoms with Crippen molar-refractivity contribution in [3.63, 3.8) is 0 Å². The van der Waals surface area contributed by atoms with Gasteiger partial charge in [0.1, 0.15) is 11.3 Å². The topological polar surface area (TPSA) is 143 Å². The highest BCUT2D eigenvalue weighted by Crippen LogP contribution is 2.47. The summed E-state index contributed by atoms with van der Waals surface area (Å²) in [6.07, 6.45) is -0.298. The normalized spacial score (nSPS) is 11.8. The lowest BCUT2D eigenvalue weighted by Gasteiger charge is -2.25. The molecular formula is C34H27Cl2N5O5. The van der Waals surface area contributed by atoms with Gasteiger partial charge < -0.3 is 25.8 Å². The Balaban J connectivity index is 1.69. The number of hydrogen-bond donors (Lipinski definition) is 4. The number of nitrogens with zero attached hydrogens (tertiary/aromatic N) is 2. The van der Waals surface area contributed by atoms with Crippen LogP contribution in [0.25, 0.3) is 33.5 Å². The minimum absolute atomic E-state index is 0.0505. The monoisotopic (exact) mass is 655 g/mol. The van der Waals surface area contributed by atoms with Gasteiger partial charge in [-0.25, -0.2) is 19.6 Å². The van der Waals surface area contributed by atoms with Crippen LogP contribution in [-0.4, -0.2) is 46.0 Å². The van der Waals surface area contributed by atoms with Crippen molar-refractivity contribution in [2.75, 3.05) is 17.7 Å². The summed E-state index contributed by atoms with van der Waals surface area (Å²) >= 11 is 12.6. The number of aryl methyl sites for hydroxylation is 1. The van der Waals surface area contributed by atoms with E-state index in [4.69, 9.17) is 37.9 Å². The summed E-state index contributed by atoms with van der Waals surface area (Å²) in [5, 5.41) is 19.1. The van der Waals surface area contributed by atoms with E-state index in [0.717, 1.165) is 5.56 Å². The molecule has 0 spiro atoms. The number of carbonyl (C=O) groups excluding carboxylic acids is 2. The average molecular weight is 657 g/mol. The van der Waals surface area contributed by atoms with Gasteiger partial charge in [-0.1, -0.05) is 53.5 Å². The van der Waals surface area contributed by atoms with Crippen LogP contribution in [0.4, 0.5) is 21.9 Å². The second-order valence-corrected chi connectivity index (χ2v) is 11.8. The first kappa shape index (κ1) is 30.8. The first-order chi connectivity index (χ1) is 22.0. The first-order valence-corrected chi connectivity index (χ1v) is 15.0. The third-order valence-electron chi connectivity index (χ3n) is 7.39. The van der Waals surface area contributed by atoms with Crippen LogP contribution in [0, 0.1) is 6.92 Å². The van der Waals surface area contributed by atoms with E-state index in [0.29, 0.717) is 50.5 Å². The molecule has 1 aromatic heterocycles. The number of carboxylic acid groups (broad SMARTS) is 1. The van der Waals surface area contributed by atoms with Crippen LogP contribution in [0.5, 0.6) is 5.75 Å². The number of hydrogen-bond acceptors (Lipinski definition) is 7. The van der Waals surface area contributed by atoms with Crippen LogP contribution in [0.2, 0.25) is 10.0 Å². The molecule has 232 valence electrons. The predicted molar refractivity (Wildman–Crippen MR) is 179 cm³/mol. The molecule has 0 bridgehead atoms. The largest absolute Gasteiger partial charge is 0.489 e. The molecule has 0 radical (unpaired) electrons. The number of benzene rings is 4. The molecule has 1 aliphatic rings. The molecule has 1 heterocycles. The minimum Gasteiger partial charge on any atom is -0.489 e. The van der Waals surface area contributed by atoms with E-state index in [1.807, 2.05) is 51.1 Å². The lowest BCUT2D eigenvalue weighted by atomic mass is 9.85. The fourth-order valence-corrected chi connectivity index (χ4v) is 5.98. The van der Waals surface area contributed by atoms with E-state index in [2.05, 4.69) is 16.0 Å². The lowest BCUT2D eigenvalue weighted by molar-refractivity contribution is 0.0697. The highest BCUT2D eigenvalue weighted by Gasteiger charge is 2.33. The molecule has 0 unspecified atom stereocenters. The quantitative estimate of drug-likeness (QED) is 0.135. The number of ether oxygens (including phenoxy) is 1. The minimum atomic E-state index is -1.26. The standard InChI is InChI=1S/C34H27Cl2N5O5/c1-15(2)46-25-14-24(38-28-21(33(43)44)12-17(35)13-22(28)36)26-27-29(18-7-5-6-8-19(18)31(26)42)40-32(41-30(25)27)20-10-9-16(3)11-23(20)39-34(45)37-4/h5-15,38H,1-4H3,(H,43,44)(H2,37,39,45). The first-order valence-electron chi connectivity index (χ1n) is 14.3. The van der Waals surface area contributed by atoms with Crippen molar-refractivity contribution >= 4 is 69.0 Å². The molecule has 46 heavy (non-hydrogen) atoms. The predicted octanol–water partition coefficient (Wildman–Crippen LogP) is 8.10. The molecule has 5 aromatic rings. The summed E-state index contributed by atoms with van der Waals surface area (Å²) in [6, 6.07) is 16.5. The van der Waals surface area contributed by atoms with E-state index in [1.165, 1.54) is 19.2 Å². The number of fused-ring (bicyclic) bond motifs is 2. The number of carbonyl (C=O) groups is 3. The van der Waals surface area contributed by atoms with Gasteiger partial charge in [0.25, 0.3) is 0 Å². The number of anilines is 3. The maximum absolute atomic E-state index is 14.2. The van der Waals surface area contributed by atoms with E-state index in [1.54, 1.807) is 18.2 Å². The van der Waals surface area contributed by atoms with Gasteiger partial charge >= 0.3 is 12.0 Å². The number of amides is 2. The van der Waals surface area contributed by atoms with E-state index >= 15 is 0 Å². The number of aromatic nitrogens is 2. The molecular weight excluding hydrogens is 629 g/mol. The maximum atomic E-state index is 14.2. The molecule has 0 aliphatic heterocycles. The smallest absolute Gasteiger partial charge is 0.337 e. The average Bonchev–Trinajstić information content (AvgIpc) is 3.01. The molecule has 4 aromatic carbocycles. The van der Waals surface area contributed by atoms with E-state index in [-0.39, 0.29) is 44.4 Å². The fourth-order valence-electron chi connectivity index (χ4n) is 5.44. The molecule has 0 saturated carbocycles. The molecule has 12 heteroatoms. The second kappa shape index (κ2) is 12.0. The van der Waals surface area contributed by atoms with Crippen LogP contribution in [-0.2, 0) is 0 Å². The Morgan fingerprint density at radius 1 is 0.935 bits per heavy atom. The molecule has 10 nitrogen and oxygen atoms in total. The molecule has 4 N–H and O–H groups in total. The maximum Gasteiger partial charge on any atom is 0.337 e. The van der Waals surface area contributed by atoms with Crippen molar-refractivity contribution in [3.8, 4) is 28.4 Å². The Morgan fingerprint density at radius 3 is 2.37 bits per heavy atom. The molecule has 2 amide bonds. The Hall–Kier alpha value is -5.19. The van der Waals surface area contributed by atoms with Gasteiger partial charge in [0.15, 0.2) is 11.6 Å². The number of ketones is 1. The molecule has 0 saturated heterocycles. The number of carboxylic acids is 1. The van der Waals surface area contributed by atoms with Crippen molar-refractivity contribution in [2.24, 2.45) is 0 Å². The summed E-state index contributed by atoms with van der Waals surface area (Å²) in [5.41, 5.74) is 4.14. The van der Waals surface area contributed by atoms with Crippen LogP contribution < -0.4 is 20.7 Å². The SMILES string of the molecule is CNC(=O)Nc1cc(C)ccc1-c1nc2c3c(c(Nc4c(Cl)cc(Cl)cc4C(=O)O)cc(OC(C)C)c3n1)C(=O)c1ccccc1-2. The summed E-state index contributed by atoms with van der Waals surface area (Å²) in [4.78, 5) is 48.7. The van der Waals surface area contributed by atoms with Gasteiger partial charge in [-0.05, 0) is 50.6 Å². The van der Waals surface area contributed by atoms with E-state index in [9.17, 15) is 19.5 Å². The molecule has 0 atom stereocenters. The molecule has 0 fully saturated rings. The van der Waals surface area contributed by atoms with Crippen LogP contribution in [0.15, 0.2) is 60.7 Å². The number of aromatic carboxylic acids is 1. The summed E-state index contributed by atoms with van der Waals surface area (Å²) in [7, 11) is 1.52. The van der Waals surface area contributed by atoms with Crippen molar-refractivity contribution in [3.05, 3.63) is 93.0 Å². The lowest BCUT2D eigenvalue weighted by Crippen LogP contribution is -2.25. The Labute approximate surface area is 273 Å². The number of urea groups is 1. The number of nitrogens with one attached hydrogen (secondary N) is 3. The summed E-state index contributed by atoms with van der Waals surface area (Å²) in [5.74, 6) is -0.956. The third kappa shape index (κ3) is 5.46. The van der Waals surface area contributed by atoms with Crippen LogP contribution in [0.1, 0.15) is 45.7 Å². The van der Waals surface area contributed by atoms with Crippen LogP contribution >= 0.6 is 23.2 Å². The second-order valence-electron chi connectivity index (χ2n) is 11.0. The van der Waals surface area contributed by atoms with Crippen molar-refractivity contribution in [1.82, 2.24) is 15.3 Å². The van der Waals surface area contributed by atoms with Gasteiger partial charge in [0.2, 0.25) is 0 Å². The zero-order valence-electron chi connectivity index (χ0n) is 25.1. The summed E-state index contributed by atoms with van der Waals surface area (Å²) < 4.78 is 6.27. The van der Waals surface area contributed by atoms with Gasteiger partial charge in [-0.2, -0.15) is 0 Å². The highest BCUT2D eigenvalue weighted by molar-refractivity contribution is 6.38. The van der Waals surface area contributed by atoms with Gasteiger partial charge in [0, 0.05) is 40.2 Å². The number of halogens is 2. The molecule has 1 aliphatic carbocycles. The number of rotatable bonds is 7. The van der Waals surface area contributed by atoms with Crippen molar-refractivity contribution in [2.45, 2.75) is 26.9 Å².